The van der Waals surface area contributed by atoms with Crippen molar-refractivity contribution in [3.8, 4) is 34.6 Å². The van der Waals surface area contributed by atoms with Crippen LogP contribution in [0.25, 0.3) is 34.6 Å². The van der Waals surface area contributed by atoms with Crippen molar-refractivity contribution in [1.29, 1.82) is 0 Å². The van der Waals surface area contributed by atoms with Crippen LogP contribution in [0.3, 0.4) is 0 Å². The molecule has 0 aliphatic carbocycles. The summed E-state index contributed by atoms with van der Waals surface area (Å²) in [4.78, 5) is 86.5. The lowest BCUT2D eigenvalue weighted by atomic mass is 10.0. The Kier molecular flexibility index (Phi) is 26.1. The zero-order chi connectivity index (χ0) is 71.4. The highest BCUT2D eigenvalue weighted by atomic mass is 35.5. The van der Waals surface area contributed by atoms with Gasteiger partial charge in [0.1, 0.15) is 71.0 Å². The molecule has 22 nitrogen and oxygen atoms in total. The SMILES string of the molecule is CC(C)n1cnnc1-c1cccc(NC(=O)c2cc(CC(=O)c3ccccc3)ccc2F)n1.CC(C)n1cnnc1-c1cccc(NC(=O)c2cc(CC(=O)c3ccccc3)ccc2F)n1.CC(C)n1cnnc1-c1cccc(NC(=O)c2cc(N)ccc2F)n1.Cl.O=C(Cl)c1ccccc1. The molecule has 5 N–H and O–H groups in total. The van der Waals surface area contributed by atoms with Crippen LogP contribution in [0.15, 0.2) is 219 Å². The molecule has 27 heteroatoms. The van der Waals surface area contributed by atoms with Crippen LogP contribution in [0.2, 0.25) is 0 Å². The number of benzene rings is 6. The minimum absolute atomic E-state index is 0. The lowest BCUT2D eigenvalue weighted by molar-refractivity contribution is 0.0984. The van der Waals surface area contributed by atoms with Crippen molar-refractivity contribution in [2.75, 3.05) is 21.7 Å². The third-order valence-electron chi connectivity index (χ3n) is 14.8. The van der Waals surface area contributed by atoms with Gasteiger partial charge in [0.25, 0.3) is 23.0 Å². The molecule has 0 saturated heterocycles. The van der Waals surface area contributed by atoms with Crippen LogP contribution in [-0.2, 0) is 12.8 Å². The number of nitrogens with one attached hydrogen (secondary N) is 3. The Morgan fingerprint density at radius 2 is 0.713 bits per heavy atom. The van der Waals surface area contributed by atoms with Gasteiger partial charge in [-0.15, -0.1) is 43.0 Å². The molecule has 101 heavy (non-hydrogen) atoms. The molecule has 6 aromatic heterocycles. The third-order valence-corrected chi connectivity index (χ3v) is 15.0. The van der Waals surface area contributed by atoms with E-state index < -0.39 is 40.4 Å². The number of carbonyl (C=O) groups is 6. The van der Waals surface area contributed by atoms with E-state index >= 15 is 0 Å². The number of amides is 3. The first kappa shape index (κ1) is 74.6. The molecule has 12 rings (SSSR count). The Balaban J connectivity index is 0.000000181. The number of nitrogens with zero attached hydrogens (tertiary/aromatic N) is 12. The minimum atomic E-state index is -0.681. The van der Waals surface area contributed by atoms with E-state index in [0.29, 0.717) is 68.1 Å². The number of carbonyl (C=O) groups excluding carboxylic acids is 6. The van der Waals surface area contributed by atoms with Crippen LogP contribution in [0, 0.1) is 17.5 Å². The van der Waals surface area contributed by atoms with Crippen LogP contribution < -0.4 is 21.7 Å². The van der Waals surface area contributed by atoms with E-state index in [1.165, 1.54) is 48.5 Å². The maximum absolute atomic E-state index is 14.4. The van der Waals surface area contributed by atoms with E-state index in [-0.39, 0.29) is 89.1 Å². The first-order valence-electron chi connectivity index (χ1n) is 31.2. The van der Waals surface area contributed by atoms with Gasteiger partial charge < -0.3 is 35.4 Å². The van der Waals surface area contributed by atoms with Gasteiger partial charge >= 0.3 is 0 Å². The number of hydrogen-bond donors (Lipinski definition) is 4. The molecule has 0 radical (unpaired) electrons. The Hall–Kier alpha value is -12.2. The minimum Gasteiger partial charge on any atom is -0.399 e. The van der Waals surface area contributed by atoms with Crippen molar-refractivity contribution in [1.82, 2.24) is 59.2 Å². The van der Waals surface area contributed by atoms with Crippen LogP contribution >= 0.6 is 24.0 Å². The number of aromatic nitrogens is 12. The number of pyridine rings is 3. The van der Waals surface area contributed by atoms with Gasteiger partial charge in [0, 0.05) is 53.3 Å². The molecule has 6 aromatic carbocycles. The van der Waals surface area contributed by atoms with E-state index in [9.17, 15) is 41.9 Å². The molecular weight excluding hydrogens is 1340 g/mol. The van der Waals surface area contributed by atoms with Gasteiger partial charge in [0.05, 0.1) is 16.7 Å². The molecule has 0 unspecified atom stereocenters. The van der Waals surface area contributed by atoms with Gasteiger partial charge in [0.15, 0.2) is 29.0 Å². The number of Topliss-reactive ketones (excluding diaryl/α,β-unsaturated/α-hetero) is 2. The van der Waals surface area contributed by atoms with Gasteiger partial charge in [-0.25, -0.2) is 28.1 Å². The monoisotopic (exact) mass is 1400 g/mol. The number of ketones is 2. The molecule has 514 valence electrons. The lowest BCUT2D eigenvalue weighted by Crippen LogP contribution is -2.16. The Morgan fingerprint density at radius 1 is 0.406 bits per heavy atom. The van der Waals surface area contributed by atoms with Gasteiger partial charge in [-0.2, -0.15) is 0 Å². The lowest BCUT2D eigenvalue weighted by Gasteiger charge is -2.11. The average molecular weight is 1400 g/mol. The van der Waals surface area contributed by atoms with E-state index in [1.54, 1.807) is 146 Å². The zero-order valence-electron chi connectivity index (χ0n) is 55.2. The molecule has 0 bridgehead atoms. The summed E-state index contributed by atoms with van der Waals surface area (Å²) in [6.45, 7) is 12.0. The predicted octanol–water partition coefficient (Wildman–Crippen LogP) is 14.9. The molecule has 0 spiro atoms. The van der Waals surface area contributed by atoms with E-state index in [2.05, 4.69) is 61.5 Å². The zero-order valence-corrected chi connectivity index (χ0v) is 56.8. The summed E-state index contributed by atoms with van der Waals surface area (Å²) in [5.41, 5.74) is 9.81. The Morgan fingerprint density at radius 3 is 1.02 bits per heavy atom. The highest BCUT2D eigenvalue weighted by molar-refractivity contribution is 6.67. The first-order valence-corrected chi connectivity index (χ1v) is 31.6. The topological polar surface area (TPSA) is 295 Å². The summed E-state index contributed by atoms with van der Waals surface area (Å²) in [6, 6.07) is 54.1. The van der Waals surface area contributed by atoms with Crippen LogP contribution in [0.1, 0.15) is 133 Å². The fourth-order valence-electron chi connectivity index (χ4n) is 9.67. The van der Waals surface area contributed by atoms with Crippen molar-refractivity contribution in [2.24, 2.45) is 0 Å². The van der Waals surface area contributed by atoms with E-state index in [0.717, 1.165) is 6.07 Å². The maximum atomic E-state index is 14.4. The first-order chi connectivity index (χ1) is 48.1. The maximum Gasteiger partial charge on any atom is 0.259 e. The summed E-state index contributed by atoms with van der Waals surface area (Å²) in [6.07, 6.45) is 4.97. The van der Waals surface area contributed by atoms with Crippen molar-refractivity contribution >= 4 is 81.7 Å². The number of hydrogen-bond acceptors (Lipinski definition) is 16. The number of rotatable bonds is 19. The Bertz CT molecular complexity index is 4660. The van der Waals surface area contributed by atoms with Crippen molar-refractivity contribution in [3.05, 3.63) is 281 Å². The quantitative estimate of drug-likeness (QED) is 0.0332. The largest absolute Gasteiger partial charge is 0.399 e. The van der Waals surface area contributed by atoms with Gasteiger partial charge in [-0.1, -0.05) is 121 Å². The van der Waals surface area contributed by atoms with E-state index in [1.807, 2.05) is 73.4 Å². The summed E-state index contributed by atoms with van der Waals surface area (Å²) in [7, 11) is 0. The molecule has 3 amide bonds. The number of nitrogen functional groups attached to an aromatic ring is 1. The normalized spacial score (nSPS) is 10.6. The fraction of sp³-hybridized carbons (Fsp3) is 0.149. The second kappa shape index (κ2) is 35.3. The third kappa shape index (κ3) is 20.2. The summed E-state index contributed by atoms with van der Waals surface area (Å²) >= 11 is 5.16. The second-order valence-corrected chi connectivity index (χ2v) is 23.3. The van der Waals surface area contributed by atoms with Gasteiger partial charge in [-0.05, 0) is 143 Å². The molecule has 0 atom stereocenters. The van der Waals surface area contributed by atoms with Gasteiger partial charge in [0.2, 0.25) is 0 Å². The van der Waals surface area contributed by atoms with Crippen molar-refractivity contribution in [3.63, 3.8) is 0 Å². The summed E-state index contributed by atoms with van der Waals surface area (Å²) in [5.74, 6) is -1.68. The molecule has 0 aliphatic heterocycles. The highest BCUT2D eigenvalue weighted by Crippen LogP contribution is 2.25. The summed E-state index contributed by atoms with van der Waals surface area (Å²) < 4.78 is 48.3. The summed E-state index contributed by atoms with van der Waals surface area (Å²) in [5, 5.41) is 31.5. The smallest absolute Gasteiger partial charge is 0.259 e. The van der Waals surface area contributed by atoms with Gasteiger partial charge in [-0.3, -0.25) is 28.8 Å². The number of nitrogens with two attached hydrogens (primary N) is 1. The second-order valence-electron chi connectivity index (χ2n) is 23.0. The number of halogens is 5. The molecule has 6 heterocycles. The van der Waals surface area contributed by atoms with Crippen molar-refractivity contribution < 1.29 is 41.9 Å². The van der Waals surface area contributed by atoms with Crippen LogP contribution in [-0.4, -0.2) is 93.8 Å². The Labute approximate surface area is 589 Å². The standard InChI is InChI=1S/2C25H22FN5O2.C17H17FN6O.C7H5ClO.ClH/c2*1-16(2)31-15-27-30-24(31)21-9-6-10-23(28-21)29-25(33)19-13-17(11-12-20(19)26)14-22(32)18-7-4-3-5-8-18;1-10(2)24-9-20-23-16(24)14-4-3-5-15(21-14)22-17(25)12-8-11(19)6-7-13(12)18;8-7(9)6-4-2-1-3-5-6;/h2*3-13,15-16H,14H2,1-2H3,(H,28,29,33);3-10H,19H2,1-2H3,(H,21,22,25);1-5H;1H. The number of anilines is 4. The van der Waals surface area contributed by atoms with Crippen LogP contribution in [0.4, 0.5) is 36.3 Å². The average Bonchev–Trinajstić information content (AvgIpc) is 1.82. The fourth-order valence-corrected chi connectivity index (χ4v) is 9.80. The predicted molar refractivity (Wildman–Crippen MR) is 381 cm³/mol. The van der Waals surface area contributed by atoms with E-state index in [4.69, 9.17) is 17.3 Å². The van der Waals surface area contributed by atoms with Crippen LogP contribution in [0.5, 0.6) is 0 Å². The van der Waals surface area contributed by atoms with Crippen molar-refractivity contribution in [2.45, 2.75) is 72.5 Å². The molecule has 0 fully saturated rings. The highest BCUT2D eigenvalue weighted by Gasteiger charge is 2.21. The molecule has 12 aromatic rings. The molecule has 0 aliphatic rings. The molecular formula is C74H67Cl2F3N16O6. The molecule has 0 saturated carbocycles.